The van der Waals surface area contributed by atoms with Crippen LogP contribution in [0.2, 0.25) is 0 Å². The number of benzene rings is 2. The SMILES string of the molecule is CN1C(=O)COc2ccc(C(=O)CSc3nc(-c4ccccc4)c(C#N)c(=O)[nH]3)cc21. The van der Waals surface area contributed by atoms with Crippen molar-refractivity contribution in [1.29, 1.82) is 5.26 Å². The Bertz CT molecular complexity index is 1280. The van der Waals surface area contributed by atoms with E-state index in [1.807, 2.05) is 12.1 Å². The Labute approximate surface area is 181 Å². The molecule has 0 spiro atoms. The number of nitrogens with zero attached hydrogens (tertiary/aromatic N) is 3. The van der Waals surface area contributed by atoms with Crippen LogP contribution in [0.1, 0.15) is 15.9 Å². The number of ketones is 1. The number of aromatic nitrogens is 2. The lowest BCUT2D eigenvalue weighted by Gasteiger charge is -2.26. The highest BCUT2D eigenvalue weighted by Gasteiger charge is 2.23. The van der Waals surface area contributed by atoms with E-state index in [2.05, 4.69) is 9.97 Å². The summed E-state index contributed by atoms with van der Waals surface area (Å²) in [6.07, 6.45) is 0. The largest absolute Gasteiger partial charge is 0.482 e. The maximum atomic E-state index is 12.7. The van der Waals surface area contributed by atoms with Crippen LogP contribution in [0.15, 0.2) is 58.5 Å². The number of amides is 1. The molecule has 1 aliphatic heterocycles. The number of likely N-dealkylation sites (N-methyl/N-ethyl adjacent to an activating group) is 1. The Morgan fingerprint density at radius 1 is 1.26 bits per heavy atom. The standard InChI is InChI=1S/C22H16N4O4S/c1-26-16-9-14(7-8-18(16)30-11-19(26)28)17(27)12-31-22-24-20(13-5-3-2-4-6-13)15(10-23)21(29)25-22/h2-9H,11-12H2,1H3,(H,24,25,29). The normalized spacial score (nSPS) is 12.6. The van der Waals surface area contributed by atoms with Gasteiger partial charge in [0, 0.05) is 18.2 Å². The molecule has 0 atom stereocenters. The molecule has 2 heterocycles. The molecule has 1 amide bonds. The summed E-state index contributed by atoms with van der Waals surface area (Å²) >= 11 is 1.07. The van der Waals surface area contributed by atoms with Crippen molar-refractivity contribution in [1.82, 2.24) is 9.97 Å². The summed E-state index contributed by atoms with van der Waals surface area (Å²) in [6.45, 7) is -0.0336. The van der Waals surface area contributed by atoms with Crippen LogP contribution in [0.5, 0.6) is 5.75 Å². The van der Waals surface area contributed by atoms with Gasteiger partial charge in [-0.15, -0.1) is 0 Å². The predicted molar refractivity (Wildman–Crippen MR) is 115 cm³/mol. The second kappa shape index (κ2) is 8.45. The van der Waals surface area contributed by atoms with Crippen LogP contribution in [-0.4, -0.2) is 41.1 Å². The molecule has 9 heteroatoms. The van der Waals surface area contributed by atoms with Gasteiger partial charge in [0.2, 0.25) is 0 Å². The minimum absolute atomic E-state index is 0.0143. The highest BCUT2D eigenvalue weighted by atomic mass is 32.2. The molecule has 8 nitrogen and oxygen atoms in total. The number of hydrogen-bond acceptors (Lipinski definition) is 7. The number of thioether (sulfide) groups is 1. The maximum absolute atomic E-state index is 12.7. The van der Waals surface area contributed by atoms with E-state index in [0.29, 0.717) is 22.6 Å². The fourth-order valence-electron chi connectivity index (χ4n) is 3.09. The molecule has 4 rings (SSSR count). The Balaban J connectivity index is 1.57. The van der Waals surface area contributed by atoms with Crippen molar-refractivity contribution in [2.45, 2.75) is 5.16 Å². The number of nitriles is 1. The lowest BCUT2D eigenvalue weighted by atomic mass is 10.1. The van der Waals surface area contributed by atoms with Gasteiger partial charge in [0.25, 0.3) is 11.5 Å². The summed E-state index contributed by atoms with van der Waals surface area (Å²) in [5.74, 6) is 0.157. The molecule has 1 aliphatic rings. The first-order valence-corrected chi connectivity index (χ1v) is 10.3. The molecule has 0 unspecified atom stereocenters. The van der Waals surface area contributed by atoms with Crippen LogP contribution in [0.3, 0.4) is 0 Å². The average Bonchev–Trinajstić information content (AvgIpc) is 2.80. The van der Waals surface area contributed by atoms with Crippen molar-refractivity contribution < 1.29 is 14.3 Å². The molecule has 0 bridgehead atoms. The minimum Gasteiger partial charge on any atom is -0.482 e. The minimum atomic E-state index is -0.558. The lowest BCUT2D eigenvalue weighted by Crippen LogP contribution is -2.35. The van der Waals surface area contributed by atoms with Gasteiger partial charge in [-0.2, -0.15) is 5.26 Å². The van der Waals surface area contributed by atoms with Crippen molar-refractivity contribution in [3.05, 3.63) is 70.0 Å². The zero-order chi connectivity index (χ0) is 22.0. The molecular weight excluding hydrogens is 416 g/mol. The second-order valence-electron chi connectivity index (χ2n) is 6.71. The third kappa shape index (κ3) is 4.06. The van der Waals surface area contributed by atoms with E-state index in [1.165, 1.54) is 4.90 Å². The number of aromatic amines is 1. The first-order valence-electron chi connectivity index (χ1n) is 9.27. The summed E-state index contributed by atoms with van der Waals surface area (Å²) in [5, 5.41) is 9.59. The van der Waals surface area contributed by atoms with E-state index in [4.69, 9.17) is 4.74 Å². The molecule has 1 aromatic heterocycles. The number of carbonyl (C=O) groups excluding carboxylic acids is 2. The quantitative estimate of drug-likeness (QED) is 0.374. The Hall–Kier alpha value is -3.90. The summed E-state index contributed by atoms with van der Waals surface area (Å²) in [5.41, 5.74) is 1.22. The Morgan fingerprint density at radius 2 is 2.03 bits per heavy atom. The van der Waals surface area contributed by atoms with Crippen LogP contribution in [0, 0.1) is 11.3 Å². The number of rotatable bonds is 5. The molecular formula is C22H16N4O4S. The van der Waals surface area contributed by atoms with Gasteiger partial charge in [0.1, 0.15) is 17.4 Å². The zero-order valence-corrected chi connectivity index (χ0v) is 17.2. The van der Waals surface area contributed by atoms with Crippen LogP contribution < -0.4 is 15.2 Å². The monoisotopic (exact) mass is 432 g/mol. The van der Waals surface area contributed by atoms with E-state index >= 15 is 0 Å². The van der Waals surface area contributed by atoms with E-state index in [0.717, 1.165) is 11.8 Å². The summed E-state index contributed by atoms with van der Waals surface area (Å²) in [6, 6.07) is 15.7. The summed E-state index contributed by atoms with van der Waals surface area (Å²) in [7, 11) is 1.63. The van der Waals surface area contributed by atoms with E-state index in [9.17, 15) is 19.6 Å². The lowest BCUT2D eigenvalue weighted by molar-refractivity contribution is -0.120. The second-order valence-corrected chi connectivity index (χ2v) is 7.67. The fourth-order valence-corrected chi connectivity index (χ4v) is 3.85. The number of nitrogens with one attached hydrogen (secondary N) is 1. The van der Waals surface area contributed by atoms with Gasteiger partial charge >= 0.3 is 0 Å². The molecule has 154 valence electrons. The number of ether oxygens (including phenoxy) is 1. The molecule has 0 fully saturated rings. The molecule has 0 saturated heterocycles. The van der Waals surface area contributed by atoms with Gasteiger partial charge in [0.15, 0.2) is 17.5 Å². The number of fused-ring (bicyclic) bond motifs is 1. The first kappa shape index (κ1) is 20.4. The van der Waals surface area contributed by atoms with Crippen molar-refractivity contribution in [3.63, 3.8) is 0 Å². The molecule has 31 heavy (non-hydrogen) atoms. The van der Waals surface area contributed by atoms with E-state index in [1.54, 1.807) is 49.5 Å². The number of Topliss-reactive ketones (excluding diaryl/α,β-unsaturated/α-hetero) is 1. The van der Waals surface area contributed by atoms with Crippen molar-refractivity contribution in [3.8, 4) is 23.1 Å². The summed E-state index contributed by atoms with van der Waals surface area (Å²) < 4.78 is 5.38. The van der Waals surface area contributed by atoms with Crippen LogP contribution >= 0.6 is 11.8 Å². The Morgan fingerprint density at radius 3 is 2.77 bits per heavy atom. The Kier molecular flexibility index (Phi) is 5.56. The van der Waals surface area contributed by atoms with E-state index in [-0.39, 0.29) is 40.5 Å². The van der Waals surface area contributed by atoms with Gasteiger partial charge < -0.3 is 14.6 Å². The van der Waals surface area contributed by atoms with Crippen molar-refractivity contribution >= 4 is 29.1 Å². The molecule has 2 aromatic carbocycles. The summed E-state index contributed by atoms with van der Waals surface area (Å²) in [4.78, 5) is 45.3. The van der Waals surface area contributed by atoms with Gasteiger partial charge in [0.05, 0.1) is 17.1 Å². The molecule has 0 radical (unpaired) electrons. The zero-order valence-electron chi connectivity index (χ0n) is 16.4. The van der Waals surface area contributed by atoms with Crippen molar-refractivity contribution in [2.24, 2.45) is 0 Å². The molecule has 0 saturated carbocycles. The predicted octanol–water partition coefficient (Wildman–Crippen LogP) is 2.64. The van der Waals surface area contributed by atoms with Gasteiger partial charge in [-0.25, -0.2) is 4.98 Å². The topological polar surface area (TPSA) is 116 Å². The van der Waals surface area contributed by atoms with Gasteiger partial charge in [-0.05, 0) is 18.2 Å². The van der Waals surface area contributed by atoms with E-state index < -0.39 is 5.56 Å². The van der Waals surface area contributed by atoms with Crippen LogP contribution in [0.4, 0.5) is 5.69 Å². The number of carbonyl (C=O) groups is 2. The smallest absolute Gasteiger partial charge is 0.270 e. The highest BCUT2D eigenvalue weighted by Crippen LogP contribution is 2.32. The first-order chi connectivity index (χ1) is 15.0. The van der Waals surface area contributed by atoms with Gasteiger partial charge in [-0.1, -0.05) is 42.1 Å². The van der Waals surface area contributed by atoms with Crippen LogP contribution in [-0.2, 0) is 4.79 Å². The number of H-pyrrole nitrogens is 1. The fraction of sp³-hybridized carbons (Fsp3) is 0.136. The van der Waals surface area contributed by atoms with Crippen molar-refractivity contribution in [2.75, 3.05) is 24.3 Å². The third-order valence-electron chi connectivity index (χ3n) is 4.76. The maximum Gasteiger partial charge on any atom is 0.270 e. The molecule has 1 N–H and O–H groups in total. The molecule has 0 aliphatic carbocycles. The highest BCUT2D eigenvalue weighted by molar-refractivity contribution is 7.99. The average molecular weight is 432 g/mol. The number of hydrogen-bond donors (Lipinski definition) is 1. The third-order valence-corrected chi connectivity index (χ3v) is 5.64. The van der Waals surface area contributed by atoms with Gasteiger partial charge in [-0.3, -0.25) is 14.4 Å². The molecule has 3 aromatic rings. The number of anilines is 1. The van der Waals surface area contributed by atoms with Crippen LogP contribution in [0.25, 0.3) is 11.3 Å².